The van der Waals surface area contributed by atoms with Crippen LogP contribution in [-0.2, 0) is 6.42 Å². The van der Waals surface area contributed by atoms with Crippen molar-refractivity contribution >= 4 is 11.0 Å². The number of nitrogens with zero attached hydrogens (tertiary/aromatic N) is 1. The Morgan fingerprint density at radius 3 is 2.95 bits per heavy atom. The molecule has 0 spiro atoms. The Hall–Kier alpha value is -1.66. The highest BCUT2D eigenvalue weighted by molar-refractivity contribution is 5.77. The number of aromatic amines is 2. The van der Waals surface area contributed by atoms with Crippen LogP contribution < -0.4 is 5.56 Å². The Kier molecular flexibility index (Phi) is 3.12. The summed E-state index contributed by atoms with van der Waals surface area (Å²) < 4.78 is 0. The summed E-state index contributed by atoms with van der Waals surface area (Å²) in [6, 6.07) is 0. The van der Waals surface area contributed by atoms with E-state index in [0.717, 1.165) is 18.4 Å². The van der Waals surface area contributed by atoms with Gasteiger partial charge in [0.15, 0.2) is 0 Å². The zero-order chi connectivity index (χ0) is 13.4. The first-order valence-corrected chi connectivity index (χ1v) is 6.51. The lowest BCUT2D eigenvalue weighted by Gasteiger charge is -2.08. The predicted octanol–water partition coefficient (Wildman–Crippen LogP) is 0.173. The van der Waals surface area contributed by atoms with Crippen molar-refractivity contribution in [3.8, 4) is 0 Å². The highest BCUT2D eigenvalue weighted by atomic mass is 16.3. The molecule has 3 rings (SSSR count). The van der Waals surface area contributed by atoms with Crippen molar-refractivity contribution in [2.75, 3.05) is 6.61 Å². The fourth-order valence-electron chi connectivity index (χ4n) is 3.05. The molecule has 1 aliphatic rings. The van der Waals surface area contributed by atoms with Gasteiger partial charge in [0.25, 0.3) is 5.56 Å². The maximum Gasteiger partial charge on any atom is 0.275 e. The minimum Gasteiger partial charge on any atom is -0.396 e. The number of hydrogen-bond donors (Lipinski definition) is 4. The summed E-state index contributed by atoms with van der Waals surface area (Å²) >= 11 is 0. The van der Waals surface area contributed by atoms with Gasteiger partial charge in [-0.05, 0) is 30.7 Å². The number of H-pyrrole nitrogens is 2. The van der Waals surface area contributed by atoms with Crippen LogP contribution in [-0.4, -0.2) is 37.9 Å². The van der Waals surface area contributed by atoms with Gasteiger partial charge in [0.1, 0.15) is 5.52 Å². The number of nitrogens with one attached hydrogen (secondary N) is 2. The Labute approximate surface area is 109 Å². The molecule has 0 aliphatic heterocycles. The van der Waals surface area contributed by atoms with E-state index in [9.17, 15) is 9.90 Å². The van der Waals surface area contributed by atoms with Crippen molar-refractivity contribution in [1.82, 2.24) is 15.0 Å². The monoisotopic (exact) mass is 263 g/mol. The molecule has 2 unspecified atom stereocenters. The second-order valence-corrected chi connectivity index (χ2v) is 5.32. The van der Waals surface area contributed by atoms with E-state index in [0.29, 0.717) is 23.4 Å². The number of aromatic nitrogens is 3. The van der Waals surface area contributed by atoms with E-state index in [-0.39, 0.29) is 18.1 Å². The number of hydrogen-bond acceptors (Lipinski definition) is 4. The van der Waals surface area contributed by atoms with Gasteiger partial charge in [-0.3, -0.25) is 4.79 Å². The fourth-order valence-corrected chi connectivity index (χ4v) is 3.05. The molecule has 0 bridgehead atoms. The molecule has 1 saturated carbocycles. The van der Waals surface area contributed by atoms with E-state index < -0.39 is 6.10 Å². The quantitative estimate of drug-likeness (QED) is 0.634. The molecule has 19 heavy (non-hydrogen) atoms. The summed E-state index contributed by atoms with van der Waals surface area (Å²) in [6.07, 6.45) is 5.07. The van der Waals surface area contributed by atoms with Crippen molar-refractivity contribution in [3.63, 3.8) is 0 Å². The van der Waals surface area contributed by atoms with Gasteiger partial charge in [0.2, 0.25) is 0 Å². The molecular formula is C13H17N3O3. The van der Waals surface area contributed by atoms with E-state index in [1.807, 2.05) is 6.20 Å². The maximum absolute atomic E-state index is 11.6. The summed E-state index contributed by atoms with van der Waals surface area (Å²) in [7, 11) is 0. The first-order valence-electron chi connectivity index (χ1n) is 6.51. The number of aliphatic hydroxyl groups is 2. The van der Waals surface area contributed by atoms with Crippen LogP contribution in [0.4, 0.5) is 0 Å². The molecule has 102 valence electrons. The van der Waals surface area contributed by atoms with Gasteiger partial charge in [-0.15, -0.1) is 0 Å². The average molecular weight is 263 g/mol. The van der Waals surface area contributed by atoms with Gasteiger partial charge in [0, 0.05) is 18.7 Å². The molecule has 2 heterocycles. The fraction of sp³-hybridized carbons (Fsp3) is 0.538. The lowest BCUT2D eigenvalue weighted by Crippen LogP contribution is -2.16. The molecule has 0 aromatic carbocycles. The second-order valence-electron chi connectivity index (χ2n) is 5.32. The smallest absolute Gasteiger partial charge is 0.275 e. The van der Waals surface area contributed by atoms with Crippen LogP contribution in [0.1, 0.15) is 18.4 Å². The maximum atomic E-state index is 11.6. The van der Waals surface area contributed by atoms with Crippen LogP contribution in [0.15, 0.2) is 17.3 Å². The minimum atomic E-state index is -0.420. The van der Waals surface area contributed by atoms with Gasteiger partial charge in [0.05, 0.1) is 17.9 Å². The molecule has 1 fully saturated rings. The molecule has 2 aromatic rings. The summed E-state index contributed by atoms with van der Waals surface area (Å²) in [5.41, 5.74) is 2.02. The third-order valence-corrected chi connectivity index (χ3v) is 4.05. The predicted molar refractivity (Wildman–Crippen MR) is 69.7 cm³/mol. The Morgan fingerprint density at radius 2 is 2.21 bits per heavy atom. The number of rotatable bonds is 3. The van der Waals surface area contributed by atoms with Gasteiger partial charge in [-0.2, -0.15) is 0 Å². The highest BCUT2D eigenvalue weighted by Crippen LogP contribution is 2.34. The van der Waals surface area contributed by atoms with Crippen LogP contribution >= 0.6 is 0 Å². The van der Waals surface area contributed by atoms with Crippen molar-refractivity contribution in [1.29, 1.82) is 0 Å². The van der Waals surface area contributed by atoms with Crippen LogP contribution in [0, 0.1) is 11.8 Å². The SMILES string of the molecule is O=c1[nH]cnc2c(C[C@H]3CC(O)C(CO)C3)c[nH]c12. The van der Waals surface area contributed by atoms with Crippen molar-refractivity contribution < 1.29 is 10.2 Å². The topological polar surface area (TPSA) is 102 Å². The summed E-state index contributed by atoms with van der Waals surface area (Å²) in [6.45, 7) is 0.0312. The van der Waals surface area contributed by atoms with E-state index in [4.69, 9.17) is 5.11 Å². The second kappa shape index (κ2) is 4.79. The Morgan fingerprint density at radius 1 is 1.37 bits per heavy atom. The normalized spacial score (nSPS) is 27.2. The summed E-state index contributed by atoms with van der Waals surface area (Å²) in [5, 5.41) is 19.0. The van der Waals surface area contributed by atoms with Gasteiger partial charge in [-0.1, -0.05) is 0 Å². The molecule has 0 amide bonds. The third kappa shape index (κ3) is 2.17. The zero-order valence-electron chi connectivity index (χ0n) is 10.5. The standard InChI is InChI=1S/C13H17N3O3/c17-5-9-2-7(3-10(9)18)1-8-4-14-12-11(8)15-6-16-13(12)19/h4,6-7,9-10,14,17-18H,1-3,5H2,(H,15,16,19)/t7-,9?,10?/m1/s1. The Balaban J connectivity index is 1.83. The first-order chi connectivity index (χ1) is 9.19. The lowest BCUT2D eigenvalue weighted by atomic mass is 9.98. The molecule has 1 aliphatic carbocycles. The number of fused-ring (bicyclic) bond motifs is 1. The van der Waals surface area contributed by atoms with Crippen molar-refractivity contribution in [2.24, 2.45) is 11.8 Å². The Bertz CT molecular complexity index is 633. The highest BCUT2D eigenvalue weighted by Gasteiger charge is 2.32. The molecule has 6 heteroatoms. The van der Waals surface area contributed by atoms with E-state index in [1.165, 1.54) is 6.33 Å². The molecular weight excluding hydrogens is 246 g/mol. The largest absolute Gasteiger partial charge is 0.396 e. The van der Waals surface area contributed by atoms with Crippen LogP contribution in [0.3, 0.4) is 0 Å². The lowest BCUT2D eigenvalue weighted by molar-refractivity contribution is 0.0906. The zero-order valence-corrected chi connectivity index (χ0v) is 10.5. The minimum absolute atomic E-state index is 0.0217. The average Bonchev–Trinajstić information content (AvgIpc) is 2.95. The van der Waals surface area contributed by atoms with Crippen LogP contribution in [0.25, 0.3) is 11.0 Å². The molecule has 3 atom stereocenters. The molecule has 0 saturated heterocycles. The van der Waals surface area contributed by atoms with Crippen molar-refractivity contribution in [3.05, 3.63) is 28.4 Å². The summed E-state index contributed by atoms with van der Waals surface area (Å²) in [4.78, 5) is 21.3. The van der Waals surface area contributed by atoms with Crippen LogP contribution in [0.2, 0.25) is 0 Å². The van der Waals surface area contributed by atoms with E-state index in [2.05, 4.69) is 15.0 Å². The van der Waals surface area contributed by atoms with Gasteiger partial charge < -0.3 is 20.2 Å². The van der Waals surface area contributed by atoms with Crippen molar-refractivity contribution in [2.45, 2.75) is 25.4 Å². The van der Waals surface area contributed by atoms with Crippen LogP contribution in [0.5, 0.6) is 0 Å². The van der Waals surface area contributed by atoms with Gasteiger partial charge >= 0.3 is 0 Å². The summed E-state index contributed by atoms with van der Waals surface area (Å²) in [5.74, 6) is 0.304. The molecule has 0 radical (unpaired) electrons. The third-order valence-electron chi connectivity index (χ3n) is 4.05. The number of aliphatic hydroxyl groups excluding tert-OH is 2. The van der Waals surface area contributed by atoms with Gasteiger partial charge in [-0.25, -0.2) is 4.98 Å². The molecule has 4 N–H and O–H groups in total. The first kappa shape index (κ1) is 12.4. The molecule has 6 nitrogen and oxygen atoms in total. The molecule has 2 aromatic heterocycles. The van der Waals surface area contributed by atoms with E-state index in [1.54, 1.807) is 0 Å². The van der Waals surface area contributed by atoms with E-state index >= 15 is 0 Å².